The number of ether oxygens (including phenoxy) is 1. The number of nitrogens with zero attached hydrogens (tertiary/aromatic N) is 3. The summed E-state index contributed by atoms with van der Waals surface area (Å²) < 4.78 is 5.34. The number of halogens is 1. The van der Waals surface area contributed by atoms with Crippen LogP contribution in [-0.4, -0.2) is 21.9 Å². The zero-order valence-corrected chi connectivity index (χ0v) is 10.3. The summed E-state index contributed by atoms with van der Waals surface area (Å²) in [5, 5.41) is 9.51. The van der Waals surface area contributed by atoms with Crippen LogP contribution in [-0.2, 0) is 0 Å². The first kappa shape index (κ1) is 11.9. The molecule has 1 unspecified atom stereocenters. The summed E-state index contributed by atoms with van der Waals surface area (Å²) in [6.45, 7) is 4.32. The lowest BCUT2D eigenvalue weighted by molar-refractivity contribution is 0.322. The molecule has 1 rings (SSSR count). The number of rotatable bonds is 4. The molecule has 0 N–H and O–H groups in total. The van der Waals surface area contributed by atoms with Crippen LogP contribution in [0.4, 0.5) is 0 Å². The number of nitriles is 1. The van der Waals surface area contributed by atoms with Crippen LogP contribution in [0.3, 0.4) is 0 Å². The highest BCUT2D eigenvalue weighted by atomic mass is 79.9. The second-order valence-electron chi connectivity index (χ2n) is 2.96. The molecule has 0 radical (unpaired) electrons. The van der Waals surface area contributed by atoms with Gasteiger partial charge in [-0.1, -0.05) is 15.9 Å². The van der Waals surface area contributed by atoms with Gasteiger partial charge in [-0.2, -0.15) is 5.26 Å². The van der Waals surface area contributed by atoms with Gasteiger partial charge in [0.2, 0.25) is 5.88 Å². The van der Waals surface area contributed by atoms with Crippen molar-refractivity contribution < 1.29 is 4.74 Å². The third kappa shape index (κ3) is 2.66. The molecule has 0 aromatic carbocycles. The van der Waals surface area contributed by atoms with Gasteiger partial charge in [-0.3, -0.25) is 0 Å². The standard InChI is InChI=1S/C10H12BrN3O/c1-3-15-10-7(2)9(13-6-14-10)8(4-11)5-12/h6,8H,3-4H2,1-2H3. The van der Waals surface area contributed by atoms with Gasteiger partial charge < -0.3 is 4.74 Å². The Morgan fingerprint density at radius 3 is 2.87 bits per heavy atom. The monoisotopic (exact) mass is 269 g/mol. The van der Waals surface area contributed by atoms with Crippen LogP contribution < -0.4 is 4.74 Å². The maximum absolute atomic E-state index is 8.94. The van der Waals surface area contributed by atoms with Gasteiger partial charge in [0.1, 0.15) is 6.33 Å². The summed E-state index contributed by atoms with van der Waals surface area (Å²) in [7, 11) is 0. The Kier molecular flexibility index (Phi) is 4.50. The molecule has 1 aromatic heterocycles. The Bertz CT molecular complexity index is 375. The van der Waals surface area contributed by atoms with Crippen molar-refractivity contribution in [1.29, 1.82) is 5.26 Å². The fraction of sp³-hybridized carbons (Fsp3) is 0.500. The highest BCUT2D eigenvalue weighted by molar-refractivity contribution is 9.09. The predicted octanol–water partition coefficient (Wildman–Crippen LogP) is 2.19. The van der Waals surface area contributed by atoms with Gasteiger partial charge in [0.15, 0.2) is 0 Å². The van der Waals surface area contributed by atoms with Crippen LogP contribution in [0.2, 0.25) is 0 Å². The Hall–Kier alpha value is -1.15. The van der Waals surface area contributed by atoms with Crippen molar-refractivity contribution >= 4 is 15.9 Å². The summed E-state index contributed by atoms with van der Waals surface area (Å²) in [5.41, 5.74) is 1.57. The molecular weight excluding hydrogens is 258 g/mol. The summed E-state index contributed by atoms with van der Waals surface area (Å²) in [5.74, 6) is 0.302. The first-order valence-corrected chi connectivity index (χ1v) is 5.76. The Balaban J connectivity index is 3.09. The molecule has 0 fully saturated rings. The lowest BCUT2D eigenvalue weighted by Crippen LogP contribution is -2.07. The number of aromatic nitrogens is 2. The van der Waals surface area contributed by atoms with E-state index in [1.54, 1.807) is 0 Å². The van der Waals surface area contributed by atoms with Crippen molar-refractivity contribution in [2.75, 3.05) is 11.9 Å². The van der Waals surface area contributed by atoms with Crippen molar-refractivity contribution in [1.82, 2.24) is 9.97 Å². The lowest BCUT2D eigenvalue weighted by atomic mass is 10.1. The Morgan fingerprint density at radius 1 is 1.60 bits per heavy atom. The summed E-state index contributed by atoms with van der Waals surface area (Å²) in [6.07, 6.45) is 1.43. The maximum Gasteiger partial charge on any atom is 0.219 e. The molecule has 0 bridgehead atoms. The molecule has 0 saturated carbocycles. The van der Waals surface area contributed by atoms with Gasteiger partial charge in [0.25, 0.3) is 0 Å². The van der Waals surface area contributed by atoms with Crippen molar-refractivity contribution in [3.8, 4) is 11.9 Å². The topological polar surface area (TPSA) is 58.8 Å². The minimum absolute atomic E-state index is 0.257. The summed E-state index contributed by atoms with van der Waals surface area (Å²) in [6, 6.07) is 2.19. The van der Waals surface area contributed by atoms with Crippen molar-refractivity contribution in [2.24, 2.45) is 0 Å². The molecule has 80 valence electrons. The van der Waals surface area contributed by atoms with Gasteiger partial charge in [0.05, 0.1) is 24.3 Å². The minimum atomic E-state index is -0.257. The van der Waals surface area contributed by atoms with E-state index in [1.165, 1.54) is 6.33 Å². The first-order valence-electron chi connectivity index (χ1n) is 4.64. The quantitative estimate of drug-likeness (QED) is 0.787. The highest BCUT2D eigenvalue weighted by Crippen LogP contribution is 2.24. The smallest absolute Gasteiger partial charge is 0.219 e. The van der Waals surface area contributed by atoms with E-state index >= 15 is 0 Å². The van der Waals surface area contributed by atoms with Crippen molar-refractivity contribution in [3.63, 3.8) is 0 Å². The highest BCUT2D eigenvalue weighted by Gasteiger charge is 2.16. The van der Waals surface area contributed by atoms with Crippen molar-refractivity contribution in [2.45, 2.75) is 19.8 Å². The number of hydrogen-bond donors (Lipinski definition) is 0. The van der Waals surface area contributed by atoms with Crippen LogP contribution in [0.25, 0.3) is 0 Å². The van der Waals surface area contributed by atoms with Crippen molar-refractivity contribution in [3.05, 3.63) is 17.6 Å². The third-order valence-electron chi connectivity index (χ3n) is 2.00. The van der Waals surface area contributed by atoms with Crippen LogP contribution in [0, 0.1) is 18.3 Å². The van der Waals surface area contributed by atoms with E-state index in [-0.39, 0.29) is 5.92 Å². The van der Waals surface area contributed by atoms with Gasteiger partial charge in [-0.25, -0.2) is 9.97 Å². The minimum Gasteiger partial charge on any atom is -0.478 e. The second kappa shape index (κ2) is 5.66. The number of alkyl halides is 1. The Morgan fingerprint density at radius 2 is 2.33 bits per heavy atom. The van der Waals surface area contributed by atoms with E-state index < -0.39 is 0 Å². The Labute approximate surface area is 97.4 Å². The lowest BCUT2D eigenvalue weighted by Gasteiger charge is -2.11. The van der Waals surface area contributed by atoms with E-state index in [9.17, 15) is 0 Å². The first-order chi connectivity index (χ1) is 7.24. The fourth-order valence-corrected chi connectivity index (χ4v) is 1.70. The number of hydrogen-bond acceptors (Lipinski definition) is 4. The average Bonchev–Trinajstić information content (AvgIpc) is 2.25. The molecule has 5 heteroatoms. The summed E-state index contributed by atoms with van der Waals surface area (Å²) >= 11 is 3.29. The zero-order valence-electron chi connectivity index (χ0n) is 8.70. The zero-order chi connectivity index (χ0) is 11.3. The van der Waals surface area contributed by atoms with E-state index in [4.69, 9.17) is 10.00 Å². The van der Waals surface area contributed by atoms with Gasteiger partial charge in [-0.05, 0) is 13.8 Å². The fourth-order valence-electron chi connectivity index (χ4n) is 1.25. The second-order valence-corrected chi connectivity index (χ2v) is 3.61. The van der Waals surface area contributed by atoms with Gasteiger partial charge in [0, 0.05) is 10.9 Å². The molecule has 0 saturated heterocycles. The van der Waals surface area contributed by atoms with E-state index in [0.717, 1.165) is 11.3 Å². The summed E-state index contributed by atoms with van der Waals surface area (Å²) in [4.78, 5) is 8.14. The van der Waals surface area contributed by atoms with Gasteiger partial charge >= 0.3 is 0 Å². The van der Waals surface area contributed by atoms with E-state index in [2.05, 4.69) is 32.0 Å². The molecule has 0 amide bonds. The van der Waals surface area contributed by atoms with E-state index in [1.807, 2.05) is 13.8 Å². The van der Waals surface area contributed by atoms with Crippen LogP contribution in [0.15, 0.2) is 6.33 Å². The molecule has 1 heterocycles. The van der Waals surface area contributed by atoms with Crippen LogP contribution >= 0.6 is 15.9 Å². The molecule has 15 heavy (non-hydrogen) atoms. The largest absolute Gasteiger partial charge is 0.478 e. The molecular formula is C10H12BrN3O. The normalized spacial score (nSPS) is 11.9. The maximum atomic E-state index is 8.94. The molecule has 1 aromatic rings. The molecule has 0 aliphatic carbocycles. The SMILES string of the molecule is CCOc1ncnc(C(C#N)CBr)c1C. The van der Waals surface area contributed by atoms with E-state index in [0.29, 0.717) is 17.8 Å². The van der Waals surface area contributed by atoms with Crippen LogP contribution in [0.5, 0.6) is 5.88 Å². The molecule has 0 spiro atoms. The van der Waals surface area contributed by atoms with Gasteiger partial charge in [-0.15, -0.1) is 0 Å². The molecule has 4 nitrogen and oxygen atoms in total. The molecule has 0 aliphatic heterocycles. The molecule has 0 aliphatic rings. The average molecular weight is 270 g/mol. The third-order valence-corrected chi connectivity index (χ3v) is 2.65. The van der Waals surface area contributed by atoms with Crippen LogP contribution in [0.1, 0.15) is 24.1 Å². The predicted molar refractivity (Wildman–Crippen MR) is 60.1 cm³/mol. The molecule has 1 atom stereocenters.